The van der Waals surface area contributed by atoms with Crippen LogP contribution < -0.4 is 10.1 Å². The molecule has 0 saturated heterocycles. The maximum atomic E-state index is 12.6. The van der Waals surface area contributed by atoms with Crippen LogP contribution in [0.4, 0.5) is 0 Å². The number of ketones is 1. The van der Waals surface area contributed by atoms with E-state index < -0.39 is 0 Å². The molecule has 0 aromatic heterocycles. The van der Waals surface area contributed by atoms with E-state index in [1.807, 2.05) is 11.8 Å². The van der Waals surface area contributed by atoms with Crippen molar-refractivity contribution in [2.24, 2.45) is 0 Å². The lowest BCUT2D eigenvalue weighted by atomic mass is 9.85. The quantitative estimate of drug-likeness (QED) is 0.788. The van der Waals surface area contributed by atoms with E-state index in [0.717, 1.165) is 36.2 Å². The van der Waals surface area contributed by atoms with Crippen LogP contribution in [0.1, 0.15) is 37.8 Å². The Bertz CT molecular complexity index is 725. The van der Waals surface area contributed by atoms with Crippen molar-refractivity contribution < 1.29 is 9.53 Å². The summed E-state index contributed by atoms with van der Waals surface area (Å²) in [4.78, 5) is 14.6. The number of allylic oxidation sites excluding steroid dienone is 1. The summed E-state index contributed by atoms with van der Waals surface area (Å²) in [5.41, 5.74) is 2.60. The van der Waals surface area contributed by atoms with Crippen molar-refractivity contribution in [2.45, 2.75) is 32.2 Å². The fourth-order valence-corrected chi connectivity index (χ4v) is 4.39. The number of benzene rings is 1. The van der Waals surface area contributed by atoms with Crippen LogP contribution in [0.5, 0.6) is 5.75 Å². The Balaban J connectivity index is 2.13. The summed E-state index contributed by atoms with van der Waals surface area (Å²) >= 11 is 18.1. The molecule has 1 aliphatic heterocycles. The first-order chi connectivity index (χ1) is 11.5. The zero-order valence-electron chi connectivity index (χ0n) is 13.5. The van der Waals surface area contributed by atoms with E-state index in [1.54, 1.807) is 12.1 Å². The van der Waals surface area contributed by atoms with E-state index in [0.29, 0.717) is 27.3 Å². The van der Waals surface area contributed by atoms with E-state index >= 15 is 0 Å². The molecule has 3 rings (SSSR count). The first-order valence-electron chi connectivity index (χ1n) is 7.85. The molecular formula is C17H18Cl2N2O2S. The number of thiocarbonyl (C=S) groups is 1. The first-order valence-corrected chi connectivity index (χ1v) is 9.01. The van der Waals surface area contributed by atoms with Crippen LogP contribution >= 0.6 is 35.4 Å². The number of nitrogens with zero attached hydrogens (tertiary/aromatic N) is 1. The molecular weight excluding hydrogens is 367 g/mol. The van der Waals surface area contributed by atoms with Gasteiger partial charge in [-0.25, -0.2) is 0 Å². The van der Waals surface area contributed by atoms with Crippen LogP contribution in [-0.2, 0) is 4.79 Å². The Morgan fingerprint density at radius 2 is 2.00 bits per heavy atom. The van der Waals surface area contributed by atoms with Gasteiger partial charge in [0.1, 0.15) is 0 Å². The first kappa shape index (κ1) is 17.5. The van der Waals surface area contributed by atoms with Crippen LogP contribution in [0.15, 0.2) is 23.4 Å². The minimum Gasteiger partial charge on any atom is -0.494 e. The number of rotatable bonds is 3. The van der Waals surface area contributed by atoms with E-state index in [4.69, 9.17) is 40.2 Å². The molecule has 128 valence electrons. The van der Waals surface area contributed by atoms with Crippen LogP contribution in [0.25, 0.3) is 0 Å². The van der Waals surface area contributed by atoms with Crippen LogP contribution in [-0.4, -0.2) is 29.5 Å². The second-order valence-corrected chi connectivity index (χ2v) is 6.98. The molecule has 1 atom stereocenters. The molecule has 1 aliphatic carbocycles. The molecule has 0 saturated carbocycles. The van der Waals surface area contributed by atoms with Crippen molar-refractivity contribution in [3.05, 3.63) is 39.0 Å². The van der Waals surface area contributed by atoms with Gasteiger partial charge >= 0.3 is 0 Å². The van der Waals surface area contributed by atoms with Gasteiger partial charge in [0.25, 0.3) is 0 Å². The smallest absolute Gasteiger partial charge is 0.173 e. The lowest BCUT2D eigenvalue weighted by Crippen LogP contribution is -2.49. The number of nitrogens with one attached hydrogen (secondary N) is 1. The highest BCUT2D eigenvalue weighted by atomic mass is 35.5. The van der Waals surface area contributed by atoms with Crippen LogP contribution in [0.2, 0.25) is 10.0 Å². The molecule has 7 heteroatoms. The van der Waals surface area contributed by atoms with Gasteiger partial charge in [-0.3, -0.25) is 4.79 Å². The number of carbonyl (C=O) groups excluding carboxylic acids is 1. The van der Waals surface area contributed by atoms with Crippen molar-refractivity contribution in [1.29, 1.82) is 0 Å². The molecule has 0 fully saturated rings. The molecule has 1 heterocycles. The van der Waals surface area contributed by atoms with Gasteiger partial charge in [-0.15, -0.1) is 0 Å². The topological polar surface area (TPSA) is 41.6 Å². The fourth-order valence-electron chi connectivity index (χ4n) is 3.38. The number of ether oxygens (including phenoxy) is 1. The number of Topliss-reactive ketones (excluding diaryl/α,β-unsaturated/α-hetero) is 1. The van der Waals surface area contributed by atoms with Crippen molar-refractivity contribution in [3.8, 4) is 5.75 Å². The molecule has 2 aliphatic rings. The Labute approximate surface area is 156 Å². The average molecular weight is 385 g/mol. The highest BCUT2D eigenvalue weighted by Crippen LogP contribution is 2.41. The van der Waals surface area contributed by atoms with Gasteiger partial charge in [-0.2, -0.15) is 0 Å². The van der Waals surface area contributed by atoms with Crippen molar-refractivity contribution in [3.63, 3.8) is 0 Å². The van der Waals surface area contributed by atoms with Gasteiger partial charge in [-0.1, -0.05) is 23.2 Å². The van der Waals surface area contributed by atoms with Crippen molar-refractivity contribution in [2.75, 3.05) is 13.7 Å². The second-order valence-electron chi connectivity index (χ2n) is 5.78. The Kier molecular flexibility index (Phi) is 5.04. The third-order valence-electron chi connectivity index (χ3n) is 4.43. The van der Waals surface area contributed by atoms with E-state index in [1.165, 1.54) is 7.11 Å². The number of methoxy groups -OCH3 is 1. The van der Waals surface area contributed by atoms with E-state index in [2.05, 4.69) is 5.32 Å². The van der Waals surface area contributed by atoms with Crippen LogP contribution in [0, 0.1) is 0 Å². The molecule has 0 amide bonds. The molecule has 24 heavy (non-hydrogen) atoms. The minimum atomic E-state index is -0.330. The lowest BCUT2D eigenvalue weighted by Gasteiger charge is -2.40. The SMILES string of the molecule is CCN1C(=S)NC(c2cc(Cl)c(OC)c(Cl)c2)C2=C1CCCC2=O. The summed E-state index contributed by atoms with van der Waals surface area (Å²) in [6.45, 7) is 2.76. The number of carbonyl (C=O) groups is 1. The highest BCUT2D eigenvalue weighted by molar-refractivity contribution is 7.80. The number of halogens is 2. The second kappa shape index (κ2) is 6.90. The summed E-state index contributed by atoms with van der Waals surface area (Å²) < 4.78 is 5.20. The maximum absolute atomic E-state index is 12.6. The fraction of sp³-hybridized carbons (Fsp3) is 0.412. The van der Waals surface area contributed by atoms with Crippen LogP contribution in [0.3, 0.4) is 0 Å². The number of hydrogen-bond acceptors (Lipinski definition) is 3. The molecule has 1 unspecified atom stereocenters. The predicted octanol–water partition coefficient (Wildman–Crippen LogP) is 4.26. The monoisotopic (exact) mass is 384 g/mol. The van der Waals surface area contributed by atoms with E-state index in [9.17, 15) is 4.79 Å². The van der Waals surface area contributed by atoms with Gasteiger partial charge < -0.3 is 15.0 Å². The third kappa shape index (κ3) is 2.89. The zero-order chi connectivity index (χ0) is 17.4. The highest BCUT2D eigenvalue weighted by Gasteiger charge is 2.37. The standard InChI is InChI=1S/C17H18Cl2N2O2S/c1-3-21-12-5-4-6-13(22)14(12)15(20-17(21)24)9-7-10(18)16(23-2)11(19)8-9/h7-8,15H,3-6H2,1-2H3,(H,20,24). The summed E-state index contributed by atoms with van der Waals surface area (Å²) in [5.74, 6) is 0.581. The summed E-state index contributed by atoms with van der Waals surface area (Å²) in [7, 11) is 1.52. The van der Waals surface area contributed by atoms with Crippen molar-refractivity contribution in [1.82, 2.24) is 10.2 Å². The Morgan fingerprint density at radius 1 is 1.33 bits per heavy atom. The van der Waals surface area contributed by atoms with Gasteiger partial charge in [-0.05, 0) is 49.7 Å². The lowest BCUT2D eigenvalue weighted by molar-refractivity contribution is -0.116. The molecule has 0 bridgehead atoms. The molecule has 1 N–H and O–H groups in total. The Hall–Kier alpha value is -1.30. The van der Waals surface area contributed by atoms with Gasteiger partial charge in [0.05, 0.1) is 23.2 Å². The normalized spacial score (nSPS) is 20.8. The minimum absolute atomic E-state index is 0.151. The van der Waals surface area contributed by atoms with Gasteiger partial charge in [0, 0.05) is 24.2 Å². The molecule has 1 aromatic carbocycles. The van der Waals surface area contributed by atoms with Crippen molar-refractivity contribution >= 4 is 46.3 Å². The third-order valence-corrected chi connectivity index (χ3v) is 5.33. The molecule has 1 aromatic rings. The summed E-state index contributed by atoms with van der Waals surface area (Å²) in [6.07, 6.45) is 2.26. The summed E-state index contributed by atoms with van der Waals surface area (Å²) in [6, 6.07) is 3.23. The van der Waals surface area contributed by atoms with Gasteiger partial charge in [0.15, 0.2) is 16.6 Å². The summed E-state index contributed by atoms with van der Waals surface area (Å²) in [5, 5.41) is 4.73. The van der Waals surface area contributed by atoms with Gasteiger partial charge in [0.2, 0.25) is 0 Å². The molecule has 0 spiro atoms. The molecule has 0 radical (unpaired) electrons. The average Bonchev–Trinajstić information content (AvgIpc) is 2.54. The number of hydrogen-bond donors (Lipinski definition) is 1. The molecule has 4 nitrogen and oxygen atoms in total. The van der Waals surface area contributed by atoms with E-state index in [-0.39, 0.29) is 11.8 Å². The largest absolute Gasteiger partial charge is 0.494 e. The Morgan fingerprint density at radius 3 is 2.58 bits per heavy atom. The maximum Gasteiger partial charge on any atom is 0.173 e. The predicted molar refractivity (Wildman–Crippen MR) is 99.8 cm³/mol. The zero-order valence-corrected chi connectivity index (χ0v) is 15.8.